The Morgan fingerprint density at radius 1 is 1.14 bits per heavy atom. The van der Waals surface area contributed by atoms with E-state index in [1.54, 1.807) is 12.1 Å². The molecule has 0 N–H and O–H groups in total. The van der Waals surface area contributed by atoms with Crippen LogP contribution in [0.2, 0.25) is 5.02 Å². The molecule has 2 aliphatic rings. The van der Waals surface area contributed by atoms with E-state index in [-0.39, 0.29) is 11.8 Å². The molecule has 4 rings (SSSR count). The quantitative estimate of drug-likeness (QED) is 0.504. The zero-order chi connectivity index (χ0) is 25.5. The van der Waals surface area contributed by atoms with Gasteiger partial charge in [0.25, 0.3) is 0 Å². The van der Waals surface area contributed by atoms with E-state index in [4.69, 9.17) is 20.9 Å². The van der Waals surface area contributed by atoms with Gasteiger partial charge < -0.3 is 24.0 Å². The Kier molecular flexibility index (Phi) is 8.85. The highest BCUT2D eigenvalue weighted by Gasteiger charge is 2.41. The number of halogens is 1. The fourth-order valence-corrected chi connectivity index (χ4v) is 5.10. The van der Waals surface area contributed by atoms with Crippen LogP contribution in [0, 0.1) is 5.41 Å². The molecule has 2 saturated heterocycles. The van der Waals surface area contributed by atoms with Crippen LogP contribution in [0.15, 0.2) is 28.8 Å². The van der Waals surface area contributed by atoms with Crippen molar-refractivity contribution in [3.63, 3.8) is 0 Å². The normalized spacial score (nSPS) is 21.0. The van der Waals surface area contributed by atoms with Gasteiger partial charge in [0.05, 0.1) is 6.61 Å². The van der Waals surface area contributed by atoms with Crippen molar-refractivity contribution in [1.29, 1.82) is 0 Å². The molecule has 0 radical (unpaired) electrons. The average molecular weight is 518 g/mol. The molecule has 0 bridgehead atoms. The number of amides is 2. The Hall–Kier alpha value is -2.65. The monoisotopic (exact) mass is 517 g/mol. The molecule has 10 heteroatoms. The predicted molar refractivity (Wildman–Crippen MR) is 136 cm³/mol. The molecule has 1 aromatic heterocycles. The molecule has 1 atom stereocenters. The molecule has 196 valence electrons. The molecule has 9 nitrogen and oxygen atoms in total. The van der Waals surface area contributed by atoms with Crippen molar-refractivity contribution in [3.8, 4) is 5.75 Å². The molecule has 0 spiro atoms. The summed E-state index contributed by atoms with van der Waals surface area (Å²) in [6.07, 6.45) is 3.39. The minimum atomic E-state index is -0.462. The van der Waals surface area contributed by atoms with Crippen molar-refractivity contribution in [2.24, 2.45) is 5.41 Å². The summed E-state index contributed by atoms with van der Waals surface area (Å²) in [6.45, 7) is 6.67. The molecule has 1 aromatic carbocycles. The highest BCUT2D eigenvalue weighted by Crippen LogP contribution is 2.36. The van der Waals surface area contributed by atoms with Gasteiger partial charge in [0.1, 0.15) is 5.75 Å². The fraction of sp³-hybridized carbons (Fsp3) is 0.615. The van der Waals surface area contributed by atoms with Crippen LogP contribution in [-0.2, 0) is 22.4 Å². The summed E-state index contributed by atoms with van der Waals surface area (Å²) < 4.78 is 11.4. The summed E-state index contributed by atoms with van der Waals surface area (Å²) in [4.78, 5) is 36.9. The lowest BCUT2D eigenvalue weighted by Gasteiger charge is -2.43. The van der Waals surface area contributed by atoms with Gasteiger partial charge in [0.15, 0.2) is 5.82 Å². The van der Waals surface area contributed by atoms with Crippen LogP contribution in [-0.4, -0.2) is 89.6 Å². The van der Waals surface area contributed by atoms with Gasteiger partial charge >= 0.3 is 0 Å². The van der Waals surface area contributed by atoms with Crippen LogP contribution >= 0.6 is 11.6 Å². The lowest BCUT2D eigenvalue weighted by molar-refractivity contribution is -0.142. The minimum Gasteiger partial charge on any atom is -0.493 e. The average Bonchev–Trinajstić information content (AvgIpc) is 3.35. The van der Waals surface area contributed by atoms with Crippen molar-refractivity contribution in [1.82, 2.24) is 24.8 Å². The molecule has 3 heterocycles. The summed E-state index contributed by atoms with van der Waals surface area (Å²) in [5, 5.41) is 4.51. The number of hydrogen-bond donors (Lipinski definition) is 0. The van der Waals surface area contributed by atoms with E-state index < -0.39 is 5.41 Å². The number of likely N-dealkylation sites (N-methyl/N-ethyl adjacent to an activating group) is 1. The molecule has 2 aromatic rings. The Morgan fingerprint density at radius 2 is 1.94 bits per heavy atom. The van der Waals surface area contributed by atoms with E-state index in [0.717, 1.165) is 39.0 Å². The molecular formula is C26H36ClN5O4. The van der Waals surface area contributed by atoms with Crippen LogP contribution in [0.5, 0.6) is 5.75 Å². The Morgan fingerprint density at radius 3 is 2.67 bits per heavy atom. The first-order valence-corrected chi connectivity index (χ1v) is 13.2. The SMILES string of the molecule is CCc1noc(CCC(=O)N2CCCC(COc3cccc(Cl)c3)(CC(=O)N3CCN(C)CC3)C2)n1. The zero-order valence-corrected chi connectivity index (χ0v) is 22.0. The number of ether oxygens (including phenoxy) is 1. The lowest BCUT2D eigenvalue weighted by atomic mass is 9.77. The maximum Gasteiger partial charge on any atom is 0.227 e. The molecule has 2 aliphatic heterocycles. The van der Waals surface area contributed by atoms with Crippen molar-refractivity contribution in [2.75, 3.05) is 52.9 Å². The molecule has 1 unspecified atom stereocenters. The van der Waals surface area contributed by atoms with Crippen molar-refractivity contribution >= 4 is 23.4 Å². The summed E-state index contributed by atoms with van der Waals surface area (Å²) in [6, 6.07) is 7.29. The van der Waals surface area contributed by atoms with E-state index in [1.807, 2.05) is 28.9 Å². The molecule has 2 fully saturated rings. The third-order valence-corrected chi connectivity index (χ3v) is 7.35. The summed E-state index contributed by atoms with van der Waals surface area (Å²) in [7, 11) is 2.07. The van der Waals surface area contributed by atoms with E-state index >= 15 is 0 Å². The standard InChI is InChI=1S/C26H36ClN5O4/c1-3-22-28-23(36-29-22)8-9-24(33)32-11-5-10-26(18-32,19-35-21-7-4-6-20(27)16-21)17-25(34)31-14-12-30(2)13-15-31/h4,6-7,16H,3,5,8-15,17-19H2,1-2H3. The maximum atomic E-state index is 13.4. The largest absolute Gasteiger partial charge is 0.493 e. The molecule has 36 heavy (non-hydrogen) atoms. The minimum absolute atomic E-state index is 0.0325. The van der Waals surface area contributed by atoms with Crippen LogP contribution in [0.25, 0.3) is 0 Å². The number of nitrogens with zero attached hydrogens (tertiary/aromatic N) is 5. The first kappa shape index (κ1) is 26.4. The lowest BCUT2D eigenvalue weighted by Crippen LogP contribution is -2.53. The van der Waals surface area contributed by atoms with Gasteiger partial charge in [-0.1, -0.05) is 29.7 Å². The zero-order valence-electron chi connectivity index (χ0n) is 21.2. The third kappa shape index (κ3) is 6.97. The number of piperidine rings is 1. The van der Waals surface area contributed by atoms with Crippen molar-refractivity contribution < 1.29 is 18.8 Å². The number of carbonyl (C=O) groups excluding carboxylic acids is 2. The van der Waals surface area contributed by atoms with E-state index in [9.17, 15) is 9.59 Å². The number of piperazine rings is 1. The maximum absolute atomic E-state index is 13.4. The van der Waals surface area contributed by atoms with Gasteiger partial charge in [-0.2, -0.15) is 4.98 Å². The van der Waals surface area contributed by atoms with Gasteiger partial charge in [-0.3, -0.25) is 9.59 Å². The van der Waals surface area contributed by atoms with Crippen LogP contribution in [0.3, 0.4) is 0 Å². The van der Waals surface area contributed by atoms with Gasteiger partial charge in [-0.15, -0.1) is 0 Å². The molecule has 2 amide bonds. The summed E-state index contributed by atoms with van der Waals surface area (Å²) in [5.74, 6) is 1.96. The number of carbonyl (C=O) groups is 2. The van der Waals surface area contributed by atoms with Gasteiger partial charge in [-0.05, 0) is 38.1 Å². The van der Waals surface area contributed by atoms with E-state index in [0.29, 0.717) is 67.9 Å². The second-order valence-corrected chi connectivity index (χ2v) is 10.4. The highest BCUT2D eigenvalue weighted by molar-refractivity contribution is 6.30. The van der Waals surface area contributed by atoms with Crippen LogP contribution in [0.1, 0.15) is 44.3 Å². The van der Waals surface area contributed by atoms with Crippen molar-refractivity contribution in [3.05, 3.63) is 41.0 Å². The van der Waals surface area contributed by atoms with Gasteiger partial charge in [0, 0.05) is 75.4 Å². The van der Waals surface area contributed by atoms with Gasteiger partial charge in [0.2, 0.25) is 17.7 Å². The number of aryl methyl sites for hydroxylation is 2. The number of rotatable bonds is 9. The van der Waals surface area contributed by atoms with E-state index in [1.165, 1.54) is 0 Å². The molecular weight excluding hydrogens is 482 g/mol. The predicted octanol–water partition coefficient (Wildman–Crippen LogP) is 3.07. The first-order valence-electron chi connectivity index (χ1n) is 12.8. The summed E-state index contributed by atoms with van der Waals surface area (Å²) in [5.41, 5.74) is -0.462. The van der Waals surface area contributed by atoms with E-state index in [2.05, 4.69) is 22.1 Å². The topological polar surface area (TPSA) is 92.0 Å². The second-order valence-electron chi connectivity index (χ2n) is 9.98. The number of aromatic nitrogens is 2. The fourth-order valence-electron chi connectivity index (χ4n) is 4.92. The third-order valence-electron chi connectivity index (χ3n) is 7.12. The van der Waals surface area contributed by atoms with Crippen LogP contribution < -0.4 is 4.74 Å². The van der Waals surface area contributed by atoms with Crippen molar-refractivity contribution in [2.45, 2.75) is 45.4 Å². The number of likely N-dealkylation sites (tertiary alicyclic amines) is 1. The van der Waals surface area contributed by atoms with Gasteiger partial charge in [-0.25, -0.2) is 0 Å². The van der Waals surface area contributed by atoms with Crippen LogP contribution in [0.4, 0.5) is 0 Å². The second kappa shape index (κ2) is 12.1. The smallest absolute Gasteiger partial charge is 0.227 e. The Bertz CT molecular complexity index is 1040. The number of benzene rings is 1. The first-order chi connectivity index (χ1) is 17.4. The molecule has 0 saturated carbocycles. The molecule has 0 aliphatic carbocycles. The Balaban J connectivity index is 1.44. The Labute approximate surface area is 217 Å². The summed E-state index contributed by atoms with van der Waals surface area (Å²) >= 11 is 6.14. The highest BCUT2D eigenvalue weighted by atomic mass is 35.5. The number of hydrogen-bond acceptors (Lipinski definition) is 7.